The molecule has 0 aliphatic rings. The zero-order valence-electron chi connectivity index (χ0n) is 11.6. The minimum Gasteiger partial charge on any atom is -0.495 e. The third-order valence-corrected chi connectivity index (χ3v) is 2.93. The summed E-state index contributed by atoms with van der Waals surface area (Å²) in [5.74, 6) is 0.365. The molecular weight excluding hydrogens is 292 g/mol. The van der Waals surface area contributed by atoms with Gasteiger partial charge < -0.3 is 15.0 Å². The van der Waals surface area contributed by atoms with E-state index < -0.39 is 0 Å². The van der Waals surface area contributed by atoms with Gasteiger partial charge in [-0.1, -0.05) is 11.6 Å². The van der Waals surface area contributed by atoms with Crippen LogP contribution in [0.2, 0.25) is 5.02 Å². The number of nitrogens with zero attached hydrogens (tertiary/aromatic N) is 3. The summed E-state index contributed by atoms with van der Waals surface area (Å²) in [5, 5.41) is 20.8. The van der Waals surface area contributed by atoms with Crippen molar-refractivity contribution in [1.82, 2.24) is 4.90 Å². The predicted molar refractivity (Wildman–Crippen MR) is 78.9 cm³/mol. The molecule has 0 bridgehead atoms. The van der Waals surface area contributed by atoms with E-state index in [1.54, 1.807) is 25.3 Å². The topological polar surface area (TPSA) is 89.2 Å². The number of methoxy groups -OCH3 is 1. The highest BCUT2D eigenvalue weighted by Crippen LogP contribution is 2.27. The van der Waals surface area contributed by atoms with Gasteiger partial charge >= 0.3 is 0 Å². The molecule has 0 aliphatic heterocycles. The number of carbonyl (C=O) groups excluding carboxylic acids is 1. The highest BCUT2D eigenvalue weighted by molar-refractivity contribution is 6.30. The van der Waals surface area contributed by atoms with E-state index in [1.807, 2.05) is 12.1 Å². The van der Waals surface area contributed by atoms with Crippen molar-refractivity contribution >= 4 is 23.2 Å². The average Bonchev–Trinajstić information content (AvgIpc) is 2.47. The largest absolute Gasteiger partial charge is 0.495 e. The fourth-order valence-electron chi connectivity index (χ4n) is 1.68. The molecule has 7 heteroatoms. The van der Waals surface area contributed by atoms with Crippen LogP contribution in [0.3, 0.4) is 0 Å². The predicted octanol–water partition coefficient (Wildman–Crippen LogP) is 2.03. The highest BCUT2D eigenvalue weighted by atomic mass is 35.5. The maximum absolute atomic E-state index is 11.9. The summed E-state index contributed by atoms with van der Waals surface area (Å²) in [6, 6.07) is 8.86. The molecule has 1 rings (SSSR count). The van der Waals surface area contributed by atoms with Gasteiger partial charge in [-0.05, 0) is 18.2 Å². The molecule has 6 nitrogen and oxygen atoms in total. The highest BCUT2D eigenvalue weighted by Gasteiger charge is 2.12. The van der Waals surface area contributed by atoms with E-state index in [0.717, 1.165) is 0 Å². The lowest BCUT2D eigenvalue weighted by molar-refractivity contribution is -0.129. The standard InChI is InChI=1S/C14H15ClN4O2/c1-21-13-3-2-11(15)10-12(13)18-7-4-14(20)19(8-5-16)9-6-17/h2-3,10,18H,4,7-9H2,1H3. The lowest BCUT2D eigenvalue weighted by atomic mass is 10.2. The molecule has 0 radical (unpaired) electrons. The maximum Gasteiger partial charge on any atom is 0.226 e. The molecule has 0 fully saturated rings. The molecule has 0 saturated carbocycles. The Labute approximate surface area is 128 Å². The van der Waals surface area contributed by atoms with Gasteiger partial charge in [0.15, 0.2) is 0 Å². The van der Waals surface area contributed by atoms with Gasteiger partial charge in [-0.15, -0.1) is 0 Å². The molecular formula is C14H15ClN4O2. The molecule has 1 amide bonds. The van der Waals surface area contributed by atoms with E-state index in [-0.39, 0.29) is 25.4 Å². The van der Waals surface area contributed by atoms with Crippen LogP contribution in [0.15, 0.2) is 18.2 Å². The van der Waals surface area contributed by atoms with Crippen molar-refractivity contribution in [1.29, 1.82) is 10.5 Å². The lowest BCUT2D eigenvalue weighted by Gasteiger charge is -2.16. The van der Waals surface area contributed by atoms with Crippen molar-refractivity contribution in [2.45, 2.75) is 6.42 Å². The fraction of sp³-hybridized carbons (Fsp3) is 0.357. The number of benzene rings is 1. The van der Waals surface area contributed by atoms with Crippen molar-refractivity contribution in [3.05, 3.63) is 23.2 Å². The van der Waals surface area contributed by atoms with Crippen LogP contribution in [0.5, 0.6) is 5.75 Å². The molecule has 0 spiro atoms. The fourth-order valence-corrected chi connectivity index (χ4v) is 1.86. The minimum absolute atomic E-state index is 0.0904. The summed E-state index contributed by atoms with van der Waals surface area (Å²) < 4.78 is 5.18. The summed E-state index contributed by atoms with van der Waals surface area (Å²) in [6.45, 7) is 0.169. The van der Waals surface area contributed by atoms with E-state index in [0.29, 0.717) is 23.0 Å². The van der Waals surface area contributed by atoms with Gasteiger partial charge in [0.2, 0.25) is 5.91 Å². The molecule has 1 aromatic carbocycles. The number of hydrogen-bond donors (Lipinski definition) is 1. The summed E-state index contributed by atoms with van der Waals surface area (Å²) >= 11 is 5.91. The molecule has 1 aromatic rings. The average molecular weight is 307 g/mol. The monoisotopic (exact) mass is 306 g/mol. The Bertz CT molecular complexity index is 561. The van der Waals surface area contributed by atoms with Crippen LogP contribution < -0.4 is 10.1 Å². The number of nitriles is 2. The first-order valence-corrected chi connectivity index (χ1v) is 6.59. The Hall–Kier alpha value is -2.44. The molecule has 21 heavy (non-hydrogen) atoms. The van der Waals surface area contributed by atoms with Crippen LogP contribution in [0.25, 0.3) is 0 Å². The van der Waals surface area contributed by atoms with Crippen LogP contribution >= 0.6 is 11.6 Å². The summed E-state index contributed by atoms with van der Waals surface area (Å²) in [6.07, 6.45) is 0.166. The van der Waals surface area contributed by atoms with Crippen molar-refractivity contribution in [3.8, 4) is 17.9 Å². The lowest BCUT2D eigenvalue weighted by Crippen LogP contribution is -2.32. The van der Waals surface area contributed by atoms with Crippen molar-refractivity contribution < 1.29 is 9.53 Å². The normalized spacial score (nSPS) is 9.33. The zero-order valence-corrected chi connectivity index (χ0v) is 12.4. The van der Waals surface area contributed by atoms with Gasteiger partial charge in [0.05, 0.1) is 24.9 Å². The molecule has 0 heterocycles. The number of hydrogen-bond acceptors (Lipinski definition) is 5. The number of rotatable bonds is 7. The number of ether oxygens (including phenoxy) is 1. The summed E-state index contributed by atoms with van der Waals surface area (Å²) in [7, 11) is 1.54. The minimum atomic E-state index is -0.258. The molecule has 0 aliphatic carbocycles. The van der Waals surface area contributed by atoms with Crippen LogP contribution in [-0.4, -0.2) is 37.6 Å². The van der Waals surface area contributed by atoms with Gasteiger partial charge in [-0.2, -0.15) is 10.5 Å². The van der Waals surface area contributed by atoms with Crippen LogP contribution in [-0.2, 0) is 4.79 Å². The van der Waals surface area contributed by atoms with Crippen molar-refractivity contribution in [2.24, 2.45) is 0 Å². The summed E-state index contributed by atoms with van der Waals surface area (Å²) in [4.78, 5) is 13.1. The first-order valence-electron chi connectivity index (χ1n) is 6.21. The molecule has 0 unspecified atom stereocenters. The van der Waals surface area contributed by atoms with Gasteiger partial charge in [-0.3, -0.25) is 4.79 Å². The number of amides is 1. The zero-order chi connectivity index (χ0) is 15.7. The smallest absolute Gasteiger partial charge is 0.226 e. The molecule has 0 aromatic heterocycles. The first kappa shape index (κ1) is 16.6. The number of nitrogens with one attached hydrogen (secondary N) is 1. The third-order valence-electron chi connectivity index (χ3n) is 2.69. The van der Waals surface area contributed by atoms with E-state index >= 15 is 0 Å². The molecule has 0 atom stereocenters. The van der Waals surface area contributed by atoms with E-state index in [1.165, 1.54) is 4.90 Å². The van der Waals surface area contributed by atoms with E-state index in [9.17, 15) is 4.79 Å². The van der Waals surface area contributed by atoms with E-state index in [4.69, 9.17) is 26.9 Å². The molecule has 1 N–H and O–H groups in total. The second kappa shape index (κ2) is 8.68. The third kappa shape index (κ3) is 5.21. The molecule has 0 saturated heterocycles. The SMILES string of the molecule is COc1ccc(Cl)cc1NCCC(=O)N(CC#N)CC#N. The van der Waals surface area contributed by atoms with Gasteiger partial charge in [0.25, 0.3) is 0 Å². The Kier molecular flexibility index (Phi) is 6.86. The van der Waals surface area contributed by atoms with Gasteiger partial charge in [0.1, 0.15) is 18.8 Å². The number of anilines is 1. The van der Waals surface area contributed by atoms with Gasteiger partial charge in [-0.25, -0.2) is 0 Å². The Morgan fingerprint density at radius 1 is 1.38 bits per heavy atom. The maximum atomic E-state index is 11.9. The Morgan fingerprint density at radius 2 is 2.05 bits per heavy atom. The Morgan fingerprint density at radius 3 is 2.62 bits per heavy atom. The Balaban J connectivity index is 2.57. The molecule has 110 valence electrons. The quantitative estimate of drug-likeness (QED) is 0.778. The van der Waals surface area contributed by atoms with Crippen LogP contribution in [0.4, 0.5) is 5.69 Å². The van der Waals surface area contributed by atoms with Crippen molar-refractivity contribution in [3.63, 3.8) is 0 Å². The first-order chi connectivity index (χ1) is 10.1. The van der Waals surface area contributed by atoms with Crippen LogP contribution in [0.1, 0.15) is 6.42 Å². The summed E-state index contributed by atoms with van der Waals surface area (Å²) in [5.41, 5.74) is 0.685. The number of halogens is 1. The van der Waals surface area contributed by atoms with Crippen LogP contribution in [0, 0.1) is 22.7 Å². The number of carbonyl (C=O) groups is 1. The van der Waals surface area contributed by atoms with Crippen molar-refractivity contribution in [2.75, 3.05) is 32.1 Å². The second-order valence-electron chi connectivity index (χ2n) is 4.09. The van der Waals surface area contributed by atoms with Gasteiger partial charge in [0, 0.05) is 18.0 Å². The van der Waals surface area contributed by atoms with E-state index in [2.05, 4.69) is 5.32 Å². The second-order valence-corrected chi connectivity index (χ2v) is 4.52.